The van der Waals surface area contributed by atoms with E-state index in [-0.39, 0.29) is 33.8 Å². The number of ether oxygens (including phenoxy) is 1. The Bertz CT molecular complexity index is 579. The molecule has 1 amide bonds. The zero-order valence-corrected chi connectivity index (χ0v) is 12.3. The van der Waals surface area contributed by atoms with Gasteiger partial charge in [0.15, 0.2) is 0 Å². The predicted octanol–water partition coefficient (Wildman–Crippen LogP) is 1.94. The van der Waals surface area contributed by atoms with E-state index in [9.17, 15) is 14.9 Å². The highest BCUT2D eigenvalue weighted by Gasteiger charge is 2.28. The van der Waals surface area contributed by atoms with E-state index in [2.05, 4.69) is 0 Å². The standard InChI is InChI=1S/C13H16ClN3O4/c1-21-7-8-2-3-16(6-8)13(18)9-4-10(14)12(15)11(5-9)17(19)20/h4-5,8H,2-3,6-7,15H2,1H3. The van der Waals surface area contributed by atoms with Gasteiger partial charge in [-0.1, -0.05) is 11.6 Å². The molecule has 2 N–H and O–H groups in total. The maximum Gasteiger partial charge on any atom is 0.294 e. The molecule has 21 heavy (non-hydrogen) atoms. The average Bonchev–Trinajstić information content (AvgIpc) is 2.89. The number of hydrogen-bond acceptors (Lipinski definition) is 5. The molecular weight excluding hydrogens is 298 g/mol. The van der Waals surface area contributed by atoms with Crippen molar-refractivity contribution in [1.29, 1.82) is 0 Å². The summed E-state index contributed by atoms with van der Waals surface area (Å²) in [5, 5.41) is 10.9. The number of hydrogen-bond donors (Lipinski definition) is 1. The summed E-state index contributed by atoms with van der Waals surface area (Å²) >= 11 is 5.87. The normalized spacial score (nSPS) is 18.0. The molecular formula is C13H16ClN3O4. The fourth-order valence-electron chi connectivity index (χ4n) is 2.45. The summed E-state index contributed by atoms with van der Waals surface area (Å²) in [5.41, 5.74) is 5.26. The van der Waals surface area contributed by atoms with E-state index in [1.807, 2.05) is 0 Å². The number of methoxy groups -OCH3 is 1. The zero-order valence-electron chi connectivity index (χ0n) is 11.5. The van der Waals surface area contributed by atoms with E-state index < -0.39 is 4.92 Å². The second-order valence-electron chi connectivity index (χ2n) is 5.01. The number of rotatable bonds is 4. The molecule has 1 heterocycles. The van der Waals surface area contributed by atoms with Crippen LogP contribution < -0.4 is 5.73 Å². The van der Waals surface area contributed by atoms with Crippen molar-refractivity contribution in [3.8, 4) is 0 Å². The minimum atomic E-state index is -0.643. The molecule has 8 heteroatoms. The van der Waals surface area contributed by atoms with Gasteiger partial charge < -0.3 is 15.4 Å². The lowest BCUT2D eigenvalue weighted by Gasteiger charge is -2.17. The van der Waals surface area contributed by atoms with Crippen molar-refractivity contribution < 1.29 is 14.5 Å². The van der Waals surface area contributed by atoms with Gasteiger partial charge in [-0.05, 0) is 12.5 Å². The topological polar surface area (TPSA) is 98.7 Å². The van der Waals surface area contributed by atoms with Crippen LogP contribution >= 0.6 is 11.6 Å². The van der Waals surface area contributed by atoms with Crippen molar-refractivity contribution in [2.75, 3.05) is 32.5 Å². The number of nitrogens with zero attached hydrogens (tertiary/aromatic N) is 2. The summed E-state index contributed by atoms with van der Waals surface area (Å²) in [7, 11) is 1.62. The summed E-state index contributed by atoms with van der Waals surface area (Å²) in [4.78, 5) is 24.3. The minimum Gasteiger partial charge on any atom is -0.392 e. The van der Waals surface area contributed by atoms with E-state index in [4.69, 9.17) is 22.1 Å². The molecule has 0 aliphatic carbocycles. The number of nitro groups is 1. The first kappa shape index (κ1) is 15.5. The Morgan fingerprint density at radius 2 is 2.33 bits per heavy atom. The van der Waals surface area contributed by atoms with Crippen LogP contribution in [0.3, 0.4) is 0 Å². The lowest BCUT2D eigenvalue weighted by Crippen LogP contribution is -2.29. The highest BCUT2D eigenvalue weighted by atomic mass is 35.5. The van der Waals surface area contributed by atoms with Crippen LogP contribution in [0.1, 0.15) is 16.8 Å². The van der Waals surface area contributed by atoms with Gasteiger partial charge in [-0.15, -0.1) is 0 Å². The Hall–Kier alpha value is -1.86. The Labute approximate surface area is 126 Å². The van der Waals surface area contributed by atoms with Crippen molar-refractivity contribution in [3.05, 3.63) is 32.8 Å². The molecule has 1 atom stereocenters. The third kappa shape index (κ3) is 3.25. The molecule has 0 spiro atoms. The molecule has 0 bridgehead atoms. The zero-order chi connectivity index (χ0) is 15.6. The number of nitrogens with two attached hydrogens (primary N) is 1. The molecule has 1 fully saturated rings. The van der Waals surface area contributed by atoms with E-state index in [0.29, 0.717) is 19.7 Å². The SMILES string of the molecule is COCC1CCN(C(=O)c2cc(Cl)c(N)c([N+](=O)[O-])c2)C1. The van der Waals surface area contributed by atoms with Crippen LogP contribution in [0.15, 0.2) is 12.1 Å². The summed E-state index contributed by atoms with van der Waals surface area (Å²) in [6.45, 7) is 1.76. The van der Waals surface area contributed by atoms with Crippen molar-refractivity contribution >= 4 is 28.9 Å². The van der Waals surface area contributed by atoms with Crippen molar-refractivity contribution in [2.45, 2.75) is 6.42 Å². The second-order valence-corrected chi connectivity index (χ2v) is 5.42. The van der Waals surface area contributed by atoms with Gasteiger partial charge in [0.2, 0.25) is 0 Å². The molecule has 2 rings (SSSR count). The number of carbonyl (C=O) groups excluding carboxylic acids is 1. The third-order valence-corrected chi connectivity index (χ3v) is 3.84. The quantitative estimate of drug-likeness (QED) is 0.520. The predicted molar refractivity (Wildman–Crippen MR) is 78.4 cm³/mol. The largest absolute Gasteiger partial charge is 0.392 e. The van der Waals surface area contributed by atoms with E-state index in [1.54, 1.807) is 12.0 Å². The molecule has 1 saturated heterocycles. The van der Waals surface area contributed by atoms with Gasteiger partial charge in [-0.3, -0.25) is 14.9 Å². The minimum absolute atomic E-state index is 0.0141. The maximum atomic E-state index is 12.4. The monoisotopic (exact) mass is 313 g/mol. The van der Waals surface area contributed by atoms with Crippen LogP contribution in [0.2, 0.25) is 5.02 Å². The molecule has 1 unspecified atom stereocenters. The first-order valence-corrected chi connectivity index (χ1v) is 6.83. The first-order chi connectivity index (χ1) is 9.93. The van der Waals surface area contributed by atoms with Gasteiger partial charge in [0.1, 0.15) is 5.69 Å². The van der Waals surface area contributed by atoms with Crippen LogP contribution in [-0.2, 0) is 4.74 Å². The van der Waals surface area contributed by atoms with Crippen molar-refractivity contribution in [2.24, 2.45) is 5.92 Å². The van der Waals surface area contributed by atoms with E-state index >= 15 is 0 Å². The molecule has 0 aromatic heterocycles. The van der Waals surface area contributed by atoms with E-state index in [0.717, 1.165) is 6.42 Å². The van der Waals surface area contributed by atoms with Crippen LogP contribution in [0, 0.1) is 16.0 Å². The lowest BCUT2D eigenvalue weighted by atomic mass is 10.1. The Balaban J connectivity index is 2.22. The summed E-state index contributed by atoms with van der Waals surface area (Å²) in [5.74, 6) is 0.0109. The molecule has 0 radical (unpaired) electrons. The number of halogens is 1. The van der Waals surface area contributed by atoms with Crippen LogP contribution in [0.25, 0.3) is 0 Å². The number of amides is 1. The van der Waals surface area contributed by atoms with Gasteiger partial charge in [0.25, 0.3) is 11.6 Å². The average molecular weight is 314 g/mol. The number of nitro benzene ring substituents is 1. The number of benzene rings is 1. The van der Waals surface area contributed by atoms with Gasteiger partial charge in [0.05, 0.1) is 16.6 Å². The maximum absolute atomic E-state index is 12.4. The highest BCUT2D eigenvalue weighted by Crippen LogP contribution is 2.32. The van der Waals surface area contributed by atoms with Crippen LogP contribution in [0.5, 0.6) is 0 Å². The molecule has 0 saturated carbocycles. The van der Waals surface area contributed by atoms with Crippen molar-refractivity contribution in [1.82, 2.24) is 4.90 Å². The lowest BCUT2D eigenvalue weighted by molar-refractivity contribution is -0.383. The van der Waals surface area contributed by atoms with Crippen LogP contribution in [-0.4, -0.2) is 42.5 Å². The third-order valence-electron chi connectivity index (χ3n) is 3.53. The summed E-state index contributed by atoms with van der Waals surface area (Å²) < 4.78 is 5.08. The Morgan fingerprint density at radius 3 is 2.95 bits per heavy atom. The van der Waals surface area contributed by atoms with Gasteiger partial charge >= 0.3 is 0 Å². The number of carbonyl (C=O) groups is 1. The summed E-state index contributed by atoms with van der Waals surface area (Å²) in [6, 6.07) is 2.54. The molecule has 1 aliphatic rings. The molecule has 7 nitrogen and oxygen atoms in total. The van der Waals surface area contributed by atoms with Crippen molar-refractivity contribution in [3.63, 3.8) is 0 Å². The Morgan fingerprint density at radius 1 is 1.62 bits per heavy atom. The van der Waals surface area contributed by atoms with Gasteiger partial charge in [0, 0.05) is 37.7 Å². The van der Waals surface area contributed by atoms with Gasteiger partial charge in [-0.25, -0.2) is 0 Å². The number of anilines is 1. The van der Waals surface area contributed by atoms with E-state index in [1.165, 1.54) is 12.1 Å². The molecule has 1 aromatic carbocycles. The highest BCUT2D eigenvalue weighted by molar-refractivity contribution is 6.34. The molecule has 114 valence electrons. The fraction of sp³-hybridized carbons (Fsp3) is 0.462. The fourth-order valence-corrected chi connectivity index (χ4v) is 2.66. The molecule has 1 aliphatic heterocycles. The number of nitrogen functional groups attached to an aromatic ring is 1. The first-order valence-electron chi connectivity index (χ1n) is 6.45. The second kappa shape index (κ2) is 6.28. The van der Waals surface area contributed by atoms with Gasteiger partial charge in [-0.2, -0.15) is 0 Å². The Kier molecular flexibility index (Phi) is 4.64. The number of likely N-dealkylation sites (tertiary alicyclic amines) is 1. The van der Waals surface area contributed by atoms with Crippen LogP contribution in [0.4, 0.5) is 11.4 Å². The summed E-state index contributed by atoms with van der Waals surface area (Å²) in [6.07, 6.45) is 0.852. The molecule has 1 aromatic rings. The smallest absolute Gasteiger partial charge is 0.294 e.